The number of hydrogen-bond acceptors (Lipinski definition) is 6. The number of nitro groups is 1. The minimum absolute atomic E-state index is 0.113. The Morgan fingerprint density at radius 3 is 2.72 bits per heavy atom. The van der Waals surface area contributed by atoms with E-state index in [-0.39, 0.29) is 23.0 Å². The molecule has 1 heterocycles. The minimum atomic E-state index is -0.506. The topological polar surface area (TPSA) is 103 Å². The summed E-state index contributed by atoms with van der Waals surface area (Å²) in [6.07, 6.45) is 4.59. The number of nitro benzene ring substituents is 1. The van der Waals surface area contributed by atoms with Crippen LogP contribution >= 0.6 is 11.8 Å². The van der Waals surface area contributed by atoms with Crippen molar-refractivity contribution in [1.29, 1.82) is 0 Å². The number of hydrogen-bond donors (Lipinski definition) is 1. The summed E-state index contributed by atoms with van der Waals surface area (Å²) in [6.45, 7) is 0. The number of rotatable bonds is 7. The molecule has 0 aliphatic heterocycles. The first kappa shape index (κ1) is 16.1. The average Bonchev–Trinajstić information content (AvgIpc) is 3.52. The van der Waals surface area contributed by atoms with Crippen molar-refractivity contribution in [2.24, 2.45) is 0 Å². The van der Waals surface area contributed by atoms with Crippen molar-refractivity contribution in [2.45, 2.75) is 42.8 Å². The lowest BCUT2D eigenvalue weighted by atomic mass is 10.2. The van der Waals surface area contributed by atoms with Crippen LogP contribution in [0.2, 0.25) is 0 Å². The lowest BCUT2D eigenvalue weighted by Gasteiger charge is -2.08. The number of carbonyl (C=O) groups excluding carboxylic acids is 1. The predicted octanol–water partition coefficient (Wildman–Crippen LogP) is 3.13. The number of nitrogens with one attached hydrogen (secondary N) is 1. The third kappa shape index (κ3) is 3.51. The van der Waals surface area contributed by atoms with Crippen LogP contribution in [0.4, 0.5) is 11.4 Å². The zero-order chi connectivity index (χ0) is 17.4. The van der Waals surface area contributed by atoms with Crippen molar-refractivity contribution in [2.75, 3.05) is 11.1 Å². The van der Waals surface area contributed by atoms with E-state index in [2.05, 4.69) is 20.1 Å². The molecule has 9 heteroatoms. The molecule has 2 aromatic rings. The molecule has 0 unspecified atom stereocenters. The lowest BCUT2D eigenvalue weighted by Crippen LogP contribution is -2.15. The Bertz CT molecular complexity index is 829. The molecule has 0 bridgehead atoms. The molecule has 1 aromatic carbocycles. The summed E-state index contributed by atoms with van der Waals surface area (Å²) in [6, 6.07) is 6.58. The van der Waals surface area contributed by atoms with Gasteiger partial charge in [-0.1, -0.05) is 23.9 Å². The van der Waals surface area contributed by atoms with Crippen molar-refractivity contribution < 1.29 is 9.72 Å². The second kappa shape index (κ2) is 6.47. The van der Waals surface area contributed by atoms with Crippen LogP contribution in [0, 0.1) is 10.1 Å². The van der Waals surface area contributed by atoms with Crippen molar-refractivity contribution in [3.05, 3.63) is 40.2 Å². The van der Waals surface area contributed by atoms with Gasteiger partial charge in [-0.15, -0.1) is 10.2 Å². The Balaban J connectivity index is 1.42. The zero-order valence-electron chi connectivity index (χ0n) is 13.4. The van der Waals surface area contributed by atoms with E-state index >= 15 is 0 Å². The molecule has 130 valence electrons. The van der Waals surface area contributed by atoms with Crippen LogP contribution in [0.15, 0.2) is 29.4 Å². The summed E-state index contributed by atoms with van der Waals surface area (Å²) in [5.41, 5.74) is 0.0958. The Labute approximate surface area is 148 Å². The Morgan fingerprint density at radius 2 is 2.04 bits per heavy atom. The van der Waals surface area contributed by atoms with Crippen molar-refractivity contribution in [3.63, 3.8) is 0 Å². The van der Waals surface area contributed by atoms with Crippen molar-refractivity contribution >= 4 is 29.0 Å². The molecule has 1 aromatic heterocycles. The molecule has 0 saturated heterocycles. The van der Waals surface area contributed by atoms with Crippen molar-refractivity contribution in [3.8, 4) is 0 Å². The summed E-state index contributed by atoms with van der Waals surface area (Å²) in [7, 11) is 0. The highest BCUT2D eigenvalue weighted by molar-refractivity contribution is 7.99. The maximum Gasteiger partial charge on any atom is 0.292 e. The monoisotopic (exact) mass is 359 g/mol. The van der Waals surface area contributed by atoms with Gasteiger partial charge in [0.25, 0.3) is 5.69 Å². The van der Waals surface area contributed by atoms with Crippen LogP contribution in [-0.4, -0.2) is 31.3 Å². The van der Waals surface area contributed by atoms with Crippen LogP contribution in [0.3, 0.4) is 0 Å². The summed E-state index contributed by atoms with van der Waals surface area (Å²) in [4.78, 5) is 22.7. The standard InChI is InChI=1S/C16H17N5O3S/c22-14(17-12-3-1-2-4-13(12)21(23)24)9-25-16-19-18-15(10-5-6-10)20(16)11-7-8-11/h1-4,10-11H,5-9H2,(H,17,22). The molecule has 2 aliphatic rings. The lowest BCUT2D eigenvalue weighted by molar-refractivity contribution is -0.383. The number of amides is 1. The van der Waals surface area contributed by atoms with E-state index in [1.54, 1.807) is 12.1 Å². The fourth-order valence-electron chi connectivity index (χ4n) is 2.74. The minimum Gasteiger partial charge on any atom is -0.320 e. The van der Waals surface area contributed by atoms with Gasteiger partial charge < -0.3 is 9.88 Å². The van der Waals surface area contributed by atoms with Gasteiger partial charge in [0.2, 0.25) is 5.91 Å². The number of nitrogens with zero attached hydrogens (tertiary/aromatic N) is 4. The highest BCUT2D eigenvalue weighted by Gasteiger charge is 2.36. The van der Waals surface area contributed by atoms with Crippen LogP contribution in [0.25, 0.3) is 0 Å². The Kier molecular flexibility index (Phi) is 4.16. The first-order chi connectivity index (χ1) is 12.1. The molecule has 1 amide bonds. The SMILES string of the molecule is O=C(CSc1nnc(C2CC2)n1C1CC1)Nc1ccccc1[N+](=O)[O-]. The second-order valence-corrected chi connectivity index (χ2v) is 7.27. The first-order valence-electron chi connectivity index (χ1n) is 8.24. The fourth-order valence-corrected chi connectivity index (χ4v) is 3.55. The molecule has 0 radical (unpaired) electrons. The highest BCUT2D eigenvalue weighted by Crippen LogP contribution is 2.46. The largest absolute Gasteiger partial charge is 0.320 e. The maximum absolute atomic E-state index is 12.2. The first-order valence-corrected chi connectivity index (χ1v) is 9.23. The van der Waals surface area contributed by atoms with Crippen molar-refractivity contribution in [1.82, 2.24) is 14.8 Å². The summed E-state index contributed by atoms with van der Waals surface area (Å²) >= 11 is 1.33. The van der Waals surface area contributed by atoms with Gasteiger partial charge in [0.15, 0.2) is 5.16 Å². The zero-order valence-corrected chi connectivity index (χ0v) is 14.2. The Morgan fingerprint density at radius 1 is 1.28 bits per heavy atom. The van der Waals surface area contributed by atoms with Gasteiger partial charge in [-0.2, -0.15) is 0 Å². The summed E-state index contributed by atoms with van der Waals surface area (Å²) in [5, 5.41) is 22.9. The molecule has 0 atom stereocenters. The highest BCUT2D eigenvalue weighted by atomic mass is 32.2. The number of aromatic nitrogens is 3. The van der Waals surface area contributed by atoms with Gasteiger partial charge in [0.05, 0.1) is 10.7 Å². The number of carbonyl (C=O) groups is 1. The normalized spacial score (nSPS) is 16.6. The number of para-hydroxylation sites is 2. The molecule has 2 fully saturated rings. The van der Waals surface area contributed by atoms with Crippen LogP contribution in [0.1, 0.15) is 43.5 Å². The van der Waals surface area contributed by atoms with Gasteiger partial charge in [0, 0.05) is 18.0 Å². The third-order valence-corrected chi connectivity index (χ3v) is 5.20. The number of benzene rings is 1. The molecule has 1 N–H and O–H groups in total. The molecule has 8 nitrogen and oxygen atoms in total. The van der Waals surface area contributed by atoms with Gasteiger partial charge in [-0.3, -0.25) is 14.9 Å². The molecule has 4 rings (SSSR count). The van der Waals surface area contributed by atoms with E-state index < -0.39 is 4.92 Å². The second-order valence-electron chi connectivity index (χ2n) is 6.33. The Hall–Kier alpha value is -2.42. The molecule has 2 saturated carbocycles. The van der Waals surface area contributed by atoms with Gasteiger partial charge in [0.1, 0.15) is 11.5 Å². The summed E-state index contributed by atoms with van der Waals surface area (Å²) < 4.78 is 2.18. The van der Waals surface area contributed by atoms with E-state index in [1.165, 1.54) is 23.9 Å². The van der Waals surface area contributed by atoms with Gasteiger partial charge >= 0.3 is 0 Å². The van der Waals surface area contributed by atoms with Crippen LogP contribution < -0.4 is 5.32 Å². The quantitative estimate of drug-likeness (QED) is 0.463. The predicted molar refractivity (Wildman–Crippen MR) is 92.7 cm³/mol. The van der Waals surface area contributed by atoms with Gasteiger partial charge in [-0.25, -0.2) is 0 Å². The van der Waals surface area contributed by atoms with E-state index in [9.17, 15) is 14.9 Å². The number of thioether (sulfide) groups is 1. The fraction of sp³-hybridized carbons (Fsp3) is 0.438. The molecule has 0 spiro atoms. The van der Waals surface area contributed by atoms with E-state index in [1.807, 2.05) is 0 Å². The van der Waals surface area contributed by atoms with E-state index in [4.69, 9.17) is 0 Å². The van der Waals surface area contributed by atoms with E-state index in [0.717, 1.165) is 36.7 Å². The van der Waals surface area contributed by atoms with Crippen LogP contribution in [-0.2, 0) is 4.79 Å². The maximum atomic E-state index is 12.2. The smallest absolute Gasteiger partial charge is 0.292 e. The van der Waals surface area contributed by atoms with Crippen LogP contribution in [0.5, 0.6) is 0 Å². The van der Waals surface area contributed by atoms with E-state index in [0.29, 0.717) is 12.0 Å². The average molecular weight is 359 g/mol. The third-order valence-electron chi connectivity index (χ3n) is 4.25. The summed E-state index contributed by atoms with van der Waals surface area (Å²) in [5.74, 6) is 1.41. The molecule has 25 heavy (non-hydrogen) atoms. The number of anilines is 1. The molecule has 2 aliphatic carbocycles. The van der Waals surface area contributed by atoms with Gasteiger partial charge in [-0.05, 0) is 31.7 Å². The molecular formula is C16H17N5O3S. The molecular weight excluding hydrogens is 342 g/mol.